The van der Waals surface area contributed by atoms with Crippen LogP contribution in [0.5, 0.6) is 0 Å². The third kappa shape index (κ3) is 3.66. The summed E-state index contributed by atoms with van der Waals surface area (Å²) < 4.78 is 0. The summed E-state index contributed by atoms with van der Waals surface area (Å²) in [7, 11) is 0. The third-order valence-corrected chi connectivity index (χ3v) is 5.62. The van der Waals surface area contributed by atoms with Gasteiger partial charge in [0.2, 0.25) is 11.8 Å². The van der Waals surface area contributed by atoms with Crippen molar-refractivity contribution in [2.24, 2.45) is 0 Å². The number of nitrogens with one attached hydrogen (secondary N) is 2. The van der Waals surface area contributed by atoms with Crippen molar-refractivity contribution in [2.45, 2.75) is 31.7 Å². The number of rotatable bonds is 3. The molecule has 0 aromatic heterocycles. The summed E-state index contributed by atoms with van der Waals surface area (Å²) in [5.74, 6) is -0.857. The Labute approximate surface area is 169 Å². The minimum Gasteiger partial charge on any atom is -0.324 e. The first-order valence-corrected chi connectivity index (χ1v) is 9.75. The summed E-state index contributed by atoms with van der Waals surface area (Å²) >= 11 is 0. The molecule has 0 bridgehead atoms. The zero-order chi connectivity index (χ0) is 20.4. The van der Waals surface area contributed by atoms with Gasteiger partial charge in [-0.1, -0.05) is 35.9 Å². The van der Waals surface area contributed by atoms with E-state index in [1.807, 2.05) is 55.5 Å². The molecule has 1 fully saturated rings. The van der Waals surface area contributed by atoms with Gasteiger partial charge in [0.05, 0.1) is 0 Å². The average molecular weight is 389 g/mol. The fraction of sp³-hybridized carbons (Fsp3) is 0.261. The van der Waals surface area contributed by atoms with Gasteiger partial charge in [-0.3, -0.25) is 14.4 Å². The highest BCUT2D eigenvalue weighted by atomic mass is 16.2. The molecular weight excluding hydrogens is 366 g/mol. The minimum atomic E-state index is -0.886. The van der Waals surface area contributed by atoms with E-state index in [2.05, 4.69) is 10.6 Å². The molecule has 4 rings (SSSR count). The van der Waals surface area contributed by atoms with Crippen LogP contribution < -0.4 is 10.6 Å². The highest BCUT2D eigenvalue weighted by molar-refractivity contribution is 6.07. The molecule has 2 aromatic carbocycles. The van der Waals surface area contributed by atoms with E-state index < -0.39 is 5.54 Å². The maximum atomic E-state index is 12.9. The Kier molecular flexibility index (Phi) is 4.92. The lowest BCUT2D eigenvalue weighted by Crippen LogP contribution is -2.58. The van der Waals surface area contributed by atoms with Gasteiger partial charge in [0.15, 0.2) is 0 Å². The first-order valence-electron chi connectivity index (χ1n) is 9.75. The number of benzene rings is 2. The molecule has 3 amide bonds. The Morgan fingerprint density at radius 3 is 2.66 bits per heavy atom. The van der Waals surface area contributed by atoms with E-state index in [0.717, 1.165) is 23.2 Å². The molecule has 2 aliphatic heterocycles. The standard InChI is InChI=1S/C23H23N3O3/c1-16-7-9-18(10-8-16)24-20(27)11-12-21(28)26-14-4-13-23(26)15-17-5-2-3-6-19(17)25-22(23)29/h2-3,5-12H,4,13-15H2,1H3,(H,24,27)(H,25,29). The van der Waals surface area contributed by atoms with E-state index in [1.165, 1.54) is 12.2 Å². The van der Waals surface area contributed by atoms with Gasteiger partial charge in [-0.25, -0.2) is 0 Å². The zero-order valence-corrected chi connectivity index (χ0v) is 16.3. The summed E-state index contributed by atoms with van der Waals surface area (Å²) in [6.45, 7) is 2.47. The Morgan fingerprint density at radius 2 is 1.86 bits per heavy atom. The van der Waals surface area contributed by atoms with Gasteiger partial charge in [0.1, 0.15) is 5.54 Å². The van der Waals surface area contributed by atoms with Crippen LogP contribution in [-0.2, 0) is 20.8 Å². The van der Waals surface area contributed by atoms with Crippen LogP contribution in [0.15, 0.2) is 60.7 Å². The number of aryl methyl sites for hydroxylation is 1. The number of hydrogen-bond donors (Lipinski definition) is 2. The molecule has 1 atom stereocenters. The van der Waals surface area contributed by atoms with Crippen LogP contribution >= 0.6 is 0 Å². The maximum absolute atomic E-state index is 12.9. The Balaban J connectivity index is 1.48. The van der Waals surface area contributed by atoms with Crippen molar-refractivity contribution in [3.8, 4) is 0 Å². The van der Waals surface area contributed by atoms with Crippen molar-refractivity contribution in [1.29, 1.82) is 0 Å². The van der Waals surface area contributed by atoms with Crippen molar-refractivity contribution in [2.75, 3.05) is 17.2 Å². The number of amides is 3. The Morgan fingerprint density at radius 1 is 1.10 bits per heavy atom. The molecule has 6 nitrogen and oxygen atoms in total. The number of fused-ring (bicyclic) bond motifs is 1. The van der Waals surface area contributed by atoms with Crippen molar-refractivity contribution in [3.63, 3.8) is 0 Å². The van der Waals surface area contributed by atoms with Gasteiger partial charge >= 0.3 is 0 Å². The van der Waals surface area contributed by atoms with Crippen LogP contribution in [0.2, 0.25) is 0 Å². The summed E-state index contributed by atoms with van der Waals surface area (Å²) in [6, 6.07) is 15.1. The van der Waals surface area contributed by atoms with Gasteiger partial charge in [-0.15, -0.1) is 0 Å². The maximum Gasteiger partial charge on any atom is 0.250 e. The largest absolute Gasteiger partial charge is 0.324 e. The number of anilines is 2. The summed E-state index contributed by atoms with van der Waals surface area (Å²) in [6.07, 6.45) is 4.34. The van der Waals surface area contributed by atoms with Crippen molar-refractivity contribution >= 4 is 29.1 Å². The SMILES string of the molecule is Cc1ccc(NC(=O)C=CC(=O)N2CCCC23Cc2ccccc2NC3=O)cc1. The number of carbonyl (C=O) groups is 3. The summed E-state index contributed by atoms with van der Waals surface area (Å²) in [4.78, 5) is 39.5. The first kappa shape index (κ1) is 18.9. The fourth-order valence-corrected chi connectivity index (χ4v) is 4.11. The zero-order valence-electron chi connectivity index (χ0n) is 16.3. The molecule has 0 radical (unpaired) electrons. The van der Waals surface area contributed by atoms with Gasteiger partial charge in [-0.2, -0.15) is 0 Å². The second-order valence-electron chi connectivity index (χ2n) is 7.60. The second-order valence-corrected chi connectivity index (χ2v) is 7.60. The molecule has 148 valence electrons. The van der Waals surface area contributed by atoms with E-state index >= 15 is 0 Å². The molecule has 6 heteroatoms. The normalized spacial score (nSPS) is 20.6. The fourth-order valence-electron chi connectivity index (χ4n) is 4.11. The predicted molar refractivity (Wildman–Crippen MR) is 111 cm³/mol. The average Bonchev–Trinajstić information content (AvgIpc) is 3.13. The molecule has 2 aliphatic rings. The predicted octanol–water partition coefficient (Wildman–Crippen LogP) is 3.05. The quantitative estimate of drug-likeness (QED) is 0.792. The molecule has 2 aromatic rings. The van der Waals surface area contributed by atoms with E-state index in [-0.39, 0.29) is 17.7 Å². The molecule has 0 aliphatic carbocycles. The molecule has 2 N–H and O–H groups in total. The molecular formula is C23H23N3O3. The van der Waals surface area contributed by atoms with E-state index in [9.17, 15) is 14.4 Å². The lowest BCUT2D eigenvalue weighted by Gasteiger charge is -2.40. The van der Waals surface area contributed by atoms with Crippen molar-refractivity contribution in [3.05, 3.63) is 71.8 Å². The number of nitrogens with zero attached hydrogens (tertiary/aromatic N) is 1. The molecule has 0 saturated carbocycles. The molecule has 1 unspecified atom stereocenters. The van der Waals surface area contributed by atoms with Gasteiger partial charge in [0.25, 0.3) is 5.91 Å². The highest BCUT2D eigenvalue weighted by Crippen LogP contribution is 2.39. The molecule has 1 saturated heterocycles. The van der Waals surface area contributed by atoms with Crippen molar-refractivity contribution in [1.82, 2.24) is 4.90 Å². The Bertz CT molecular complexity index is 997. The van der Waals surface area contributed by atoms with Crippen LogP contribution in [0, 0.1) is 6.92 Å². The number of carbonyl (C=O) groups excluding carboxylic acids is 3. The van der Waals surface area contributed by atoms with Crippen LogP contribution in [0.1, 0.15) is 24.0 Å². The molecule has 1 spiro atoms. The molecule has 2 heterocycles. The summed E-state index contributed by atoms with van der Waals surface area (Å²) in [5, 5.41) is 5.68. The second kappa shape index (κ2) is 7.54. The Hall–Kier alpha value is -3.41. The van der Waals surface area contributed by atoms with E-state index in [1.54, 1.807) is 4.90 Å². The minimum absolute atomic E-state index is 0.153. The van der Waals surface area contributed by atoms with Gasteiger partial charge in [0, 0.05) is 36.5 Å². The first-order chi connectivity index (χ1) is 14.0. The van der Waals surface area contributed by atoms with Crippen LogP contribution in [-0.4, -0.2) is 34.7 Å². The lowest BCUT2D eigenvalue weighted by atomic mass is 9.83. The van der Waals surface area contributed by atoms with Gasteiger partial charge in [-0.05, 0) is 43.5 Å². The topological polar surface area (TPSA) is 78.5 Å². The third-order valence-electron chi connectivity index (χ3n) is 5.62. The van der Waals surface area contributed by atoms with E-state index in [4.69, 9.17) is 0 Å². The number of hydrogen-bond acceptors (Lipinski definition) is 3. The van der Waals surface area contributed by atoms with Crippen LogP contribution in [0.4, 0.5) is 11.4 Å². The van der Waals surface area contributed by atoms with Crippen LogP contribution in [0.3, 0.4) is 0 Å². The van der Waals surface area contributed by atoms with Crippen LogP contribution in [0.25, 0.3) is 0 Å². The monoisotopic (exact) mass is 389 g/mol. The molecule has 29 heavy (non-hydrogen) atoms. The highest BCUT2D eigenvalue weighted by Gasteiger charge is 2.51. The summed E-state index contributed by atoms with van der Waals surface area (Å²) in [5.41, 5.74) is 2.70. The number of para-hydroxylation sites is 1. The van der Waals surface area contributed by atoms with Gasteiger partial charge < -0.3 is 15.5 Å². The number of likely N-dealkylation sites (tertiary alicyclic amines) is 1. The van der Waals surface area contributed by atoms with Crippen molar-refractivity contribution < 1.29 is 14.4 Å². The van der Waals surface area contributed by atoms with E-state index in [0.29, 0.717) is 25.1 Å². The lowest BCUT2D eigenvalue weighted by molar-refractivity contribution is -0.139. The smallest absolute Gasteiger partial charge is 0.250 e.